The largest absolute Gasteiger partial charge is 0.465 e. The zero-order valence-electron chi connectivity index (χ0n) is 8.68. The van der Waals surface area contributed by atoms with Gasteiger partial charge in [0.05, 0.1) is 5.69 Å². The molecule has 0 bridgehead atoms. The molecule has 3 rings (SSSR count). The molecule has 1 aliphatic rings. The molecule has 3 nitrogen and oxygen atoms in total. The first kappa shape index (κ1) is 9.21. The first-order valence-electron chi connectivity index (χ1n) is 5.28. The van der Waals surface area contributed by atoms with E-state index in [-0.39, 0.29) is 0 Å². The highest BCUT2D eigenvalue weighted by Crippen LogP contribution is 2.34. The molecule has 0 spiro atoms. The first-order valence-corrected chi connectivity index (χ1v) is 5.28. The lowest BCUT2D eigenvalue weighted by molar-refractivity contribution is 0.202. The van der Waals surface area contributed by atoms with Crippen LogP contribution in [-0.2, 0) is 6.42 Å². The SMILES string of the molecule is O=C(O)N1CCc2c1ccc1ccccc21. The van der Waals surface area contributed by atoms with E-state index in [1.807, 2.05) is 24.3 Å². The van der Waals surface area contributed by atoms with Crippen LogP contribution >= 0.6 is 0 Å². The third-order valence-electron chi connectivity index (χ3n) is 3.12. The van der Waals surface area contributed by atoms with Gasteiger partial charge < -0.3 is 5.11 Å². The minimum Gasteiger partial charge on any atom is -0.465 e. The van der Waals surface area contributed by atoms with Gasteiger partial charge in [0, 0.05) is 6.54 Å². The number of carboxylic acid groups (broad SMARTS) is 1. The maximum atomic E-state index is 11.0. The van der Waals surface area contributed by atoms with Crippen LogP contribution in [0.4, 0.5) is 10.5 Å². The minimum absolute atomic E-state index is 0.568. The Morgan fingerprint density at radius 1 is 1.19 bits per heavy atom. The highest BCUT2D eigenvalue weighted by molar-refractivity contribution is 5.97. The van der Waals surface area contributed by atoms with E-state index in [9.17, 15) is 4.79 Å². The number of fused-ring (bicyclic) bond motifs is 3. The average molecular weight is 213 g/mol. The van der Waals surface area contributed by atoms with Crippen molar-refractivity contribution in [2.45, 2.75) is 6.42 Å². The number of anilines is 1. The summed E-state index contributed by atoms with van der Waals surface area (Å²) in [4.78, 5) is 12.4. The smallest absolute Gasteiger partial charge is 0.411 e. The lowest BCUT2D eigenvalue weighted by Gasteiger charge is -2.12. The first-order chi connectivity index (χ1) is 7.77. The molecule has 0 radical (unpaired) electrons. The summed E-state index contributed by atoms with van der Waals surface area (Å²) in [5.74, 6) is 0. The Morgan fingerprint density at radius 3 is 2.81 bits per heavy atom. The van der Waals surface area contributed by atoms with Gasteiger partial charge in [0.2, 0.25) is 0 Å². The third kappa shape index (κ3) is 1.18. The van der Waals surface area contributed by atoms with Crippen LogP contribution in [-0.4, -0.2) is 17.7 Å². The normalized spacial score (nSPS) is 14.1. The summed E-state index contributed by atoms with van der Waals surface area (Å²) in [6, 6.07) is 12.0. The monoisotopic (exact) mass is 213 g/mol. The predicted molar refractivity (Wildman–Crippen MR) is 63.0 cm³/mol. The lowest BCUT2D eigenvalue weighted by atomic mass is 10.0. The van der Waals surface area contributed by atoms with E-state index in [0.29, 0.717) is 6.54 Å². The summed E-state index contributed by atoms with van der Waals surface area (Å²) in [5, 5.41) is 11.4. The van der Waals surface area contributed by atoms with E-state index >= 15 is 0 Å². The van der Waals surface area contributed by atoms with Gasteiger partial charge in [0.1, 0.15) is 0 Å². The molecule has 1 aliphatic heterocycles. The Kier molecular flexibility index (Phi) is 1.86. The van der Waals surface area contributed by atoms with Crippen molar-refractivity contribution in [3.8, 4) is 0 Å². The van der Waals surface area contributed by atoms with E-state index in [0.717, 1.165) is 17.7 Å². The number of benzene rings is 2. The summed E-state index contributed by atoms with van der Waals surface area (Å²) >= 11 is 0. The highest BCUT2D eigenvalue weighted by Gasteiger charge is 2.25. The van der Waals surface area contributed by atoms with Gasteiger partial charge in [-0.25, -0.2) is 4.79 Å². The molecule has 80 valence electrons. The van der Waals surface area contributed by atoms with Crippen LogP contribution < -0.4 is 4.90 Å². The summed E-state index contributed by atoms with van der Waals surface area (Å²) in [7, 11) is 0. The van der Waals surface area contributed by atoms with E-state index in [2.05, 4.69) is 12.1 Å². The molecular formula is C13H11NO2. The molecule has 0 unspecified atom stereocenters. The molecule has 1 heterocycles. The van der Waals surface area contributed by atoms with Crippen molar-refractivity contribution < 1.29 is 9.90 Å². The van der Waals surface area contributed by atoms with Crippen molar-refractivity contribution in [3.63, 3.8) is 0 Å². The molecule has 16 heavy (non-hydrogen) atoms. The lowest BCUT2D eigenvalue weighted by Crippen LogP contribution is -2.26. The van der Waals surface area contributed by atoms with Crippen LogP contribution in [0.1, 0.15) is 5.56 Å². The van der Waals surface area contributed by atoms with Gasteiger partial charge in [-0.3, -0.25) is 4.90 Å². The Bertz CT molecular complexity index is 577. The van der Waals surface area contributed by atoms with Crippen molar-refractivity contribution in [2.24, 2.45) is 0 Å². The van der Waals surface area contributed by atoms with Crippen LogP contribution in [0.3, 0.4) is 0 Å². The van der Waals surface area contributed by atoms with Crippen LogP contribution in [0.25, 0.3) is 10.8 Å². The molecule has 2 aromatic carbocycles. The van der Waals surface area contributed by atoms with Crippen molar-refractivity contribution >= 4 is 22.6 Å². The Balaban J connectivity index is 2.26. The molecule has 0 saturated heterocycles. The third-order valence-corrected chi connectivity index (χ3v) is 3.12. The van der Waals surface area contributed by atoms with Crippen LogP contribution in [0.2, 0.25) is 0 Å². The number of rotatable bonds is 0. The molecule has 0 aliphatic carbocycles. The summed E-state index contributed by atoms with van der Waals surface area (Å²) in [6.07, 6.45) is -0.0581. The maximum absolute atomic E-state index is 11.0. The fraction of sp³-hybridized carbons (Fsp3) is 0.154. The Hall–Kier alpha value is -2.03. The fourth-order valence-electron chi connectivity index (χ4n) is 2.38. The molecule has 2 aromatic rings. The number of hydrogen-bond donors (Lipinski definition) is 1. The number of hydrogen-bond acceptors (Lipinski definition) is 1. The maximum Gasteiger partial charge on any atom is 0.411 e. The Labute approximate surface area is 92.9 Å². The minimum atomic E-state index is -0.867. The highest BCUT2D eigenvalue weighted by atomic mass is 16.4. The zero-order valence-corrected chi connectivity index (χ0v) is 8.68. The zero-order chi connectivity index (χ0) is 11.1. The van der Waals surface area contributed by atoms with Gasteiger partial charge in [-0.1, -0.05) is 30.3 Å². The van der Waals surface area contributed by atoms with Gasteiger partial charge in [-0.15, -0.1) is 0 Å². The number of nitrogens with zero attached hydrogens (tertiary/aromatic N) is 1. The van der Waals surface area contributed by atoms with Gasteiger partial charge in [-0.05, 0) is 28.8 Å². The van der Waals surface area contributed by atoms with Crippen molar-refractivity contribution in [1.29, 1.82) is 0 Å². The number of amides is 1. The second-order valence-electron chi connectivity index (χ2n) is 3.97. The quantitative estimate of drug-likeness (QED) is 0.731. The van der Waals surface area contributed by atoms with Gasteiger partial charge in [0.15, 0.2) is 0 Å². The second kappa shape index (κ2) is 3.23. The van der Waals surface area contributed by atoms with E-state index in [4.69, 9.17) is 5.11 Å². The topological polar surface area (TPSA) is 40.5 Å². The summed E-state index contributed by atoms with van der Waals surface area (Å²) < 4.78 is 0. The number of carbonyl (C=O) groups is 1. The van der Waals surface area contributed by atoms with Crippen LogP contribution in [0, 0.1) is 0 Å². The standard InChI is InChI=1S/C13H11NO2/c15-13(16)14-8-7-11-10-4-2-1-3-9(10)5-6-12(11)14/h1-6H,7-8H2,(H,15,16). The molecule has 0 aromatic heterocycles. The van der Waals surface area contributed by atoms with E-state index < -0.39 is 6.09 Å². The van der Waals surface area contributed by atoms with Crippen molar-refractivity contribution in [3.05, 3.63) is 42.0 Å². The Morgan fingerprint density at radius 2 is 2.00 bits per heavy atom. The van der Waals surface area contributed by atoms with Crippen molar-refractivity contribution in [1.82, 2.24) is 0 Å². The molecule has 0 atom stereocenters. The van der Waals surface area contributed by atoms with Gasteiger partial charge in [-0.2, -0.15) is 0 Å². The summed E-state index contributed by atoms with van der Waals surface area (Å²) in [5.41, 5.74) is 1.99. The van der Waals surface area contributed by atoms with Gasteiger partial charge in [0.25, 0.3) is 0 Å². The van der Waals surface area contributed by atoms with E-state index in [1.54, 1.807) is 0 Å². The molecule has 0 saturated carbocycles. The molecule has 1 amide bonds. The van der Waals surface area contributed by atoms with E-state index in [1.165, 1.54) is 15.7 Å². The van der Waals surface area contributed by atoms with Crippen LogP contribution in [0.5, 0.6) is 0 Å². The molecule has 1 N–H and O–H groups in total. The molecule has 3 heteroatoms. The fourth-order valence-corrected chi connectivity index (χ4v) is 2.38. The van der Waals surface area contributed by atoms with Crippen molar-refractivity contribution in [2.75, 3.05) is 11.4 Å². The summed E-state index contributed by atoms with van der Waals surface area (Å²) in [6.45, 7) is 0.568. The molecule has 0 fully saturated rings. The van der Waals surface area contributed by atoms with Gasteiger partial charge >= 0.3 is 6.09 Å². The van der Waals surface area contributed by atoms with Crippen LogP contribution in [0.15, 0.2) is 36.4 Å². The molecular weight excluding hydrogens is 202 g/mol. The predicted octanol–water partition coefficient (Wildman–Crippen LogP) is 2.88. The second-order valence-corrected chi connectivity index (χ2v) is 3.97. The average Bonchev–Trinajstić information content (AvgIpc) is 2.73.